The molecule has 0 spiro atoms. The molecule has 1 saturated heterocycles. The second kappa shape index (κ2) is 5.95. The molecular weight excluding hydrogens is 264 g/mol. The van der Waals surface area contributed by atoms with Crippen LogP contribution >= 0.6 is 0 Å². The van der Waals surface area contributed by atoms with Crippen molar-refractivity contribution < 1.29 is 9.90 Å². The predicted molar refractivity (Wildman–Crippen MR) is 82.7 cm³/mol. The Morgan fingerprint density at radius 1 is 1.05 bits per heavy atom. The van der Waals surface area contributed by atoms with E-state index in [1.165, 1.54) is 31.1 Å². The summed E-state index contributed by atoms with van der Waals surface area (Å²) in [6.07, 6.45) is 6.83. The number of rotatable bonds is 3. The summed E-state index contributed by atoms with van der Waals surface area (Å²) in [6.45, 7) is 2.21. The van der Waals surface area contributed by atoms with Crippen molar-refractivity contribution in [3.63, 3.8) is 0 Å². The Morgan fingerprint density at radius 3 is 2.43 bits per heavy atom. The maximum absolute atomic E-state index is 11.3. The Hall–Kier alpha value is -2.36. The van der Waals surface area contributed by atoms with Crippen LogP contribution in [0.15, 0.2) is 42.7 Å². The molecule has 108 valence electrons. The number of benzene rings is 1. The summed E-state index contributed by atoms with van der Waals surface area (Å²) in [7, 11) is 0. The molecule has 1 aromatic carbocycles. The first-order valence-electron chi connectivity index (χ1n) is 7.28. The summed E-state index contributed by atoms with van der Waals surface area (Å²) in [5.74, 6) is -0.946. The number of piperidine rings is 1. The lowest BCUT2D eigenvalue weighted by Crippen LogP contribution is -2.29. The third-order valence-electron chi connectivity index (χ3n) is 3.95. The van der Waals surface area contributed by atoms with Gasteiger partial charge in [-0.15, -0.1) is 0 Å². The van der Waals surface area contributed by atoms with Gasteiger partial charge in [-0.1, -0.05) is 12.1 Å². The normalized spacial score (nSPS) is 15.0. The molecule has 0 amide bonds. The molecule has 2 aromatic rings. The third kappa shape index (κ3) is 2.89. The fourth-order valence-corrected chi connectivity index (χ4v) is 2.82. The maximum atomic E-state index is 11.3. The SMILES string of the molecule is O=C(O)c1cnccc1-c1ccc(N2CCCCC2)cc1. The van der Waals surface area contributed by atoms with Gasteiger partial charge in [0.15, 0.2) is 0 Å². The van der Waals surface area contributed by atoms with Crippen LogP contribution in [0.4, 0.5) is 5.69 Å². The fraction of sp³-hybridized carbons (Fsp3) is 0.294. The molecule has 4 heteroatoms. The molecule has 0 aliphatic carbocycles. The predicted octanol–water partition coefficient (Wildman–Crippen LogP) is 3.44. The van der Waals surface area contributed by atoms with Gasteiger partial charge in [-0.3, -0.25) is 4.98 Å². The standard InChI is InChI=1S/C17H18N2O2/c20-17(21)16-12-18-9-8-15(16)13-4-6-14(7-5-13)19-10-2-1-3-11-19/h4-9,12H,1-3,10-11H2,(H,20,21). The number of hydrogen-bond acceptors (Lipinski definition) is 3. The van der Waals surface area contributed by atoms with E-state index in [1.807, 2.05) is 12.1 Å². The molecule has 1 aliphatic heterocycles. The lowest BCUT2D eigenvalue weighted by molar-refractivity contribution is 0.0697. The van der Waals surface area contributed by atoms with Gasteiger partial charge in [0, 0.05) is 31.2 Å². The molecule has 1 N–H and O–H groups in total. The van der Waals surface area contributed by atoms with Crippen molar-refractivity contribution in [2.45, 2.75) is 19.3 Å². The van der Waals surface area contributed by atoms with Gasteiger partial charge in [0.05, 0.1) is 5.56 Å². The summed E-state index contributed by atoms with van der Waals surface area (Å²) < 4.78 is 0. The monoisotopic (exact) mass is 282 g/mol. The number of anilines is 1. The van der Waals surface area contributed by atoms with Gasteiger partial charge in [0.1, 0.15) is 0 Å². The van der Waals surface area contributed by atoms with Crippen LogP contribution in [0.2, 0.25) is 0 Å². The van der Waals surface area contributed by atoms with Crippen molar-refractivity contribution in [3.05, 3.63) is 48.3 Å². The van der Waals surface area contributed by atoms with Gasteiger partial charge in [-0.25, -0.2) is 4.79 Å². The molecule has 21 heavy (non-hydrogen) atoms. The summed E-state index contributed by atoms with van der Waals surface area (Å²) >= 11 is 0. The molecule has 3 rings (SSSR count). The molecule has 0 bridgehead atoms. The quantitative estimate of drug-likeness (QED) is 0.937. The first-order chi connectivity index (χ1) is 10.3. The average Bonchev–Trinajstić information content (AvgIpc) is 2.56. The zero-order chi connectivity index (χ0) is 14.7. The van der Waals surface area contributed by atoms with E-state index in [0.29, 0.717) is 5.56 Å². The minimum atomic E-state index is -0.946. The molecular formula is C17H18N2O2. The highest BCUT2D eigenvalue weighted by Crippen LogP contribution is 2.27. The summed E-state index contributed by atoms with van der Waals surface area (Å²) in [5.41, 5.74) is 3.07. The fourth-order valence-electron chi connectivity index (χ4n) is 2.82. The second-order valence-electron chi connectivity index (χ2n) is 5.32. The van der Waals surface area contributed by atoms with Crippen LogP contribution < -0.4 is 4.90 Å². The van der Waals surface area contributed by atoms with E-state index >= 15 is 0 Å². The molecule has 1 aliphatic rings. The van der Waals surface area contributed by atoms with Crippen molar-refractivity contribution in [3.8, 4) is 11.1 Å². The van der Waals surface area contributed by atoms with Crippen molar-refractivity contribution in [1.82, 2.24) is 4.98 Å². The number of carboxylic acid groups (broad SMARTS) is 1. The van der Waals surface area contributed by atoms with Crippen molar-refractivity contribution in [1.29, 1.82) is 0 Å². The summed E-state index contributed by atoms with van der Waals surface area (Å²) in [4.78, 5) is 17.5. The van der Waals surface area contributed by atoms with Crippen LogP contribution in [0.25, 0.3) is 11.1 Å². The van der Waals surface area contributed by atoms with Crippen LogP contribution in [-0.2, 0) is 0 Å². The number of pyridine rings is 1. The first kappa shape index (κ1) is 13.6. The van der Waals surface area contributed by atoms with E-state index in [2.05, 4.69) is 22.0 Å². The van der Waals surface area contributed by atoms with Crippen LogP contribution in [0, 0.1) is 0 Å². The Morgan fingerprint density at radius 2 is 1.76 bits per heavy atom. The first-order valence-corrected chi connectivity index (χ1v) is 7.28. The maximum Gasteiger partial charge on any atom is 0.337 e. The van der Waals surface area contributed by atoms with Gasteiger partial charge in [0.2, 0.25) is 0 Å². The van der Waals surface area contributed by atoms with E-state index in [0.717, 1.165) is 18.7 Å². The average molecular weight is 282 g/mol. The van der Waals surface area contributed by atoms with Gasteiger partial charge < -0.3 is 10.0 Å². The molecule has 0 saturated carbocycles. The third-order valence-corrected chi connectivity index (χ3v) is 3.95. The van der Waals surface area contributed by atoms with E-state index in [-0.39, 0.29) is 5.56 Å². The highest BCUT2D eigenvalue weighted by molar-refractivity contribution is 5.95. The highest BCUT2D eigenvalue weighted by atomic mass is 16.4. The van der Waals surface area contributed by atoms with Crippen LogP contribution in [0.1, 0.15) is 29.6 Å². The number of carbonyl (C=O) groups is 1. The number of hydrogen-bond donors (Lipinski definition) is 1. The number of nitrogens with zero attached hydrogens (tertiary/aromatic N) is 2. The van der Waals surface area contributed by atoms with Gasteiger partial charge in [0.25, 0.3) is 0 Å². The molecule has 4 nitrogen and oxygen atoms in total. The van der Waals surface area contributed by atoms with E-state index < -0.39 is 5.97 Å². The highest BCUT2D eigenvalue weighted by Gasteiger charge is 2.13. The largest absolute Gasteiger partial charge is 0.478 e. The van der Waals surface area contributed by atoms with E-state index in [4.69, 9.17) is 0 Å². The van der Waals surface area contributed by atoms with Gasteiger partial charge in [-0.05, 0) is 48.6 Å². The number of aromatic nitrogens is 1. The Balaban J connectivity index is 1.89. The van der Waals surface area contributed by atoms with Crippen LogP contribution in [0.3, 0.4) is 0 Å². The summed E-state index contributed by atoms with van der Waals surface area (Å²) in [6, 6.07) is 9.89. The molecule has 2 heterocycles. The smallest absolute Gasteiger partial charge is 0.337 e. The van der Waals surface area contributed by atoms with Crippen molar-refractivity contribution >= 4 is 11.7 Å². The molecule has 1 fully saturated rings. The Labute approximate surface area is 124 Å². The van der Waals surface area contributed by atoms with E-state index in [9.17, 15) is 9.90 Å². The zero-order valence-electron chi connectivity index (χ0n) is 11.8. The lowest BCUT2D eigenvalue weighted by Gasteiger charge is -2.28. The number of carboxylic acids is 1. The van der Waals surface area contributed by atoms with E-state index in [1.54, 1.807) is 12.3 Å². The van der Waals surface area contributed by atoms with Gasteiger partial charge in [-0.2, -0.15) is 0 Å². The zero-order valence-corrected chi connectivity index (χ0v) is 11.8. The topological polar surface area (TPSA) is 53.4 Å². The minimum absolute atomic E-state index is 0.239. The molecule has 1 aromatic heterocycles. The Bertz CT molecular complexity index is 631. The minimum Gasteiger partial charge on any atom is -0.478 e. The van der Waals surface area contributed by atoms with Crippen LogP contribution in [-0.4, -0.2) is 29.1 Å². The lowest BCUT2D eigenvalue weighted by atomic mass is 10.0. The molecule has 0 unspecified atom stereocenters. The van der Waals surface area contributed by atoms with Crippen LogP contribution in [0.5, 0.6) is 0 Å². The second-order valence-corrected chi connectivity index (χ2v) is 5.32. The summed E-state index contributed by atoms with van der Waals surface area (Å²) in [5, 5.41) is 9.24. The number of aromatic carboxylic acids is 1. The molecule has 0 atom stereocenters. The van der Waals surface area contributed by atoms with Gasteiger partial charge >= 0.3 is 5.97 Å². The van der Waals surface area contributed by atoms with Crippen molar-refractivity contribution in [2.75, 3.05) is 18.0 Å². The molecule has 0 radical (unpaired) electrons. The van der Waals surface area contributed by atoms with Crippen molar-refractivity contribution in [2.24, 2.45) is 0 Å². The Kier molecular flexibility index (Phi) is 3.86.